The van der Waals surface area contributed by atoms with Crippen LogP contribution in [0.15, 0.2) is 46.9 Å². The second-order valence-electron chi connectivity index (χ2n) is 4.97. The van der Waals surface area contributed by atoms with E-state index in [9.17, 15) is 0 Å². The van der Waals surface area contributed by atoms with Crippen LogP contribution in [0.1, 0.15) is 42.5 Å². The average molecular weight is 317 g/mol. The minimum atomic E-state index is 1.04. The highest BCUT2D eigenvalue weighted by atomic mass is 79.9. The molecule has 0 bridgehead atoms. The van der Waals surface area contributed by atoms with E-state index in [0.717, 1.165) is 17.3 Å². The molecule has 19 heavy (non-hydrogen) atoms. The Bertz CT molecular complexity index is 543. The van der Waals surface area contributed by atoms with Crippen LogP contribution in [0, 0.1) is 0 Å². The second kappa shape index (κ2) is 6.91. The summed E-state index contributed by atoms with van der Waals surface area (Å²) in [5.74, 6) is 0. The van der Waals surface area contributed by atoms with E-state index in [4.69, 9.17) is 0 Å². The van der Waals surface area contributed by atoms with Gasteiger partial charge in [-0.25, -0.2) is 0 Å². The fraction of sp³-hybridized carbons (Fsp3) is 0.333. The smallest absolute Gasteiger partial charge is 0.0178 e. The summed E-state index contributed by atoms with van der Waals surface area (Å²) in [5.41, 5.74) is 5.92. The number of aryl methyl sites for hydroxylation is 2. The molecule has 0 spiro atoms. The standard InChI is InChI=1S/C18H21Br/c1-3-7-16-10-6-9-15(4-2)18(16)13-14-8-5-11-17(19)12-14/h5-6,8-12H,3-4,7,13H2,1-2H3. The lowest BCUT2D eigenvalue weighted by atomic mass is 9.91. The summed E-state index contributed by atoms with van der Waals surface area (Å²) >= 11 is 3.56. The third-order valence-corrected chi connectivity index (χ3v) is 4.03. The van der Waals surface area contributed by atoms with Gasteiger partial charge in [0.25, 0.3) is 0 Å². The first-order valence-electron chi connectivity index (χ1n) is 7.08. The van der Waals surface area contributed by atoms with E-state index < -0.39 is 0 Å². The van der Waals surface area contributed by atoms with E-state index in [0.29, 0.717) is 0 Å². The summed E-state index contributed by atoms with van der Waals surface area (Å²) in [6.07, 6.45) is 4.54. The van der Waals surface area contributed by atoms with Crippen LogP contribution in [0.4, 0.5) is 0 Å². The molecule has 1 heteroatoms. The molecular weight excluding hydrogens is 296 g/mol. The summed E-state index contributed by atoms with van der Waals surface area (Å²) in [5, 5.41) is 0. The van der Waals surface area contributed by atoms with Crippen molar-refractivity contribution in [1.29, 1.82) is 0 Å². The summed E-state index contributed by atoms with van der Waals surface area (Å²) in [7, 11) is 0. The Morgan fingerprint density at radius 3 is 2.37 bits per heavy atom. The van der Waals surface area contributed by atoms with Crippen LogP contribution in [0.2, 0.25) is 0 Å². The van der Waals surface area contributed by atoms with Crippen LogP contribution >= 0.6 is 15.9 Å². The molecule has 100 valence electrons. The number of halogens is 1. The zero-order chi connectivity index (χ0) is 13.7. The van der Waals surface area contributed by atoms with E-state index in [1.807, 2.05) is 0 Å². The van der Waals surface area contributed by atoms with Crippen molar-refractivity contribution in [3.8, 4) is 0 Å². The Labute approximate surface area is 125 Å². The van der Waals surface area contributed by atoms with Crippen molar-refractivity contribution in [3.05, 3.63) is 69.2 Å². The van der Waals surface area contributed by atoms with Crippen LogP contribution in [-0.2, 0) is 19.3 Å². The summed E-state index contributed by atoms with van der Waals surface area (Å²) in [6, 6.07) is 15.4. The fourth-order valence-corrected chi connectivity index (χ4v) is 3.05. The highest BCUT2D eigenvalue weighted by Gasteiger charge is 2.08. The van der Waals surface area contributed by atoms with Gasteiger partial charge >= 0.3 is 0 Å². The first kappa shape index (κ1) is 14.3. The molecule has 0 saturated carbocycles. The molecule has 0 unspecified atom stereocenters. The van der Waals surface area contributed by atoms with Crippen molar-refractivity contribution in [2.24, 2.45) is 0 Å². The maximum absolute atomic E-state index is 3.56. The molecule has 0 nitrogen and oxygen atoms in total. The van der Waals surface area contributed by atoms with Gasteiger partial charge < -0.3 is 0 Å². The molecule has 2 rings (SSSR count). The molecule has 0 aliphatic rings. The van der Waals surface area contributed by atoms with Gasteiger partial charge in [0.1, 0.15) is 0 Å². The van der Waals surface area contributed by atoms with E-state index in [1.54, 1.807) is 0 Å². The van der Waals surface area contributed by atoms with Gasteiger partial charge in [-0.05, 0) is 53.6 Å². The van der Waals surface area contributed by atoms with Crippen LogP contribution < -0.4 is 0 Å². The van der Waals surface area contributed by atoms with E-state index in [-0.39, 0.29) is 0 Å². The normalized spacial score (nSPS) is 10.7. The molecule has 0 aromatic heterocycles. The molecule has 2 aromatic carbocycles. The molecule has 0 atom stereocenters. The summed E-state index contributed by atoms with van der Waals surface area (Å²) in [4.78, 5) is 0. The minimum Gasteiger partial charge on any atom is -0.0651 e. The monoisotopic (exact) mass is 316 g/mol. The highest BCUT2D eigenvalue weighted by molar-refractivity contribution is 9.10. The largest absolute Gasteiger partial charge is 0.0651 e. The van der Waals surface area contributed by atoms with E-state index in [2.05, 4.69) is 72.2 Å². The van der Waals surface area contributed by atoms with Crippen LogP contribution in [0.3, 0.4) is 0 Å². The van der Waals surface area contributed by atoms with E-state index in [1.165, 1.54) is 35.1 Å². The first-order valence-corrected chi connectivity index (χ1v) is 7.88. The van der Waals surface area contributed by atoms with Crippen molar-refractivity contribution in [2.45, 2.75) is 39.5 Å². The van der Waals surface area contributed by atoms with Gasteiger partial charge in [0.05, 0.1) is 0 Å². The third kappa shape index (κ3) is 3.70. The molecule has 0 amide bonds. The second-order valence-corrected chi connectivity index (χ2v) is 5.88. The SMILES string of the molecule is CCCc1cccc(CC)c1Cc1cccc(Br)c1. The highest BCUT2D eigenvalue weighted by Crippen LogP contribution is 2.22. The molecule has 0 aliphatic carbocycles. The number of hydrogen-bond acceptors (Lipinski definition) is 0. The first-order chi connectivity index (χ1) is 9.24. The Morgan fingerprint density at radius 2 is 1.68 bits per heavy atom. The van der Waals surface area contributed by atoms with Crippen molar-refractivity contribution in [2.75, 3.05) is 0 Å². The van der Waals surface area contributed by atoms with Crippen molar-refractivity contribution in [1.82, 2.24) is 0 Å². The third-order valence-electron chi connectivity index (χ3n) is 3.54. The molecule has 0 saturated heterocycles. The quantitative estimate of drug-likeness (QED) is 0.678. The molecule has 0 aliphatic heterocycles. The van der Waals surface area contributed by atoms with Crippen LogP contribution in [-0.4, -0.2) is 0 Å². The van der Waals surface area contributed by atoms with Crippen molar-refractivity contribution < 1.29 is 0 Å². The molecular formula is C18H21Br. The average Bonchev–Trinajstić information content (AvgIpc) is 2.41. The maximum atomic E-state index is 3.56. The predicted molar refractivity (Wildman–Crippen MR) is 86.8 cm³/mol. The lowest BCUT2D eigenvalue weighted by Gasteiger charge is -2.14. The number of hydrogen-bond donors (Lipinski definition) is 0. The van der Waals surface area contributed by atoms with Crippen molar-refractivity contribution in [3.63, 3.8) is 0 Å². The Kier molecular flexibility index (Phi) is 5.21. The lowest BCUT2D eigenvalue weighted by Crippen LogP contribution is -2.01. The molecule has 0 N–H and O–H groups in total. The summed E-state index contributed by atoms with van der Waals surface area (Å²) in [6.45, 7) is 4.50. The van der Waals surface area contributed by atoms with Gasteiger partial charge in [0.15, 0.2) is 0 Å². The van der Waals surface area contributed by atoms with Crippen LogP contribution in [0.25, 0.3) is 0 Å². The van der Waals surface area contributed by atoms with Gasteiger partial charge in [-0.15, -0.1) is 0 Å². The van der Waals surface area contributed by atoms with Crippen LogP contribution in [0.5, 0.6) is 0 Å². The minimum absolute atomic E-state index is 1.04. The zero-order valence-electron chi connectivity index (χ0n) is 11.7. The van der Waals surface area contributed by atoms with Gasteiger partial charge in [0.2, 0.25) is 0 Å². The van der Waals surface area contributed by atoms with Gasteiger partial charge in [-0.1, -0.05) is 66.5 Å². The topological polar surface area (TPSA) is 0 Å². The predicted octanol–water partition coefficient (Wildman–Crippen LogP) is 5.55. The van der Waals surface area contributed by atoms with Crippen molar-refractivity contribution >= 4 is 15.9 Å². The lowest BCUT2D eigenvalue weighted by molar-refractivity contribution is 0.893. The van der Waals surface area contributed by atoms with E-state index >= 15 is 0 Å². The molecule has 0 fully saturated rings. The number of rotatable bonds is 5. The Balaban J connectivity index is 2.36. The Hall–Kier alpha value is -1.08. The molecule has 0 heterocycles. The summed E-state index contributed by atoms with van der Waals surface area (Å²) < 4.78 is 1.16. The Morgan fingerprint density at radius 1 is 0.947 bits per heavy atom. The van der Waals surface area contributed by atoms with Gasteiger partial charge in [-0.2, -0.15) is 0 Å². The number of benzene rings is 2. The van der Waals surface area contributed by atoms with Gasteiger partial charge in [0, 0.05) is 4.47 Å². The zero-order valence-corrected chi connectivity index (χ0v) is 13.3. The molecule has 0 radical (unpaired) electrons. The van der Waals surface area contributed by atoms with Gasteiger partial charge in [-0.3, -0.25) is 0 Å². The molecule has 2 aromatic rings. The fourth-order valence-electron chi connectivity index (χ4n) is 2.60. The maximum Gasteiger partial charge on any atom is 0.0178 e.